The molecule has 1 aromatic heterocycles. The average molecular weight is 253 g/mol. The van der Waals surface area contributed by atoms with Crippen molar-refractivity contribution in [1.82, 2.24) is 10.3 Å². The molecule has 0 bridgehead atoms. The van der Waals surface area contributed by atoms with Crippen LogP contribution in [0.4, 0.5) is 0 Å². The highest BCUT2D eigenvalue weighted by atomic mass is 32.2. The fourth-order valence-electron chi connectivity index (χ4n) is 1.63. The van der Waals surface area contributed by atoms with Crippen LogP contribution in [0, 0.1) is 12.8 Å². The van der Waals surface area contributed by atoms with Crippen LogP contribution in [0.1, 0.15) is 38.5 Å². The van der Waals surface area contributed by atoms with Crippen LogP contribution in [0.25, 0.3) is 0 Å². The van der Waals surface area contributed by atoms with Crippen molar-refractivity contribution in [3.63, 3.8) is 0 Å². The standard InChI is InChI=1S/C12H19N3OS/c1-7(2)10-6-17-12(15-10)14-9(4)11-13-5-8(3)16-11/h5,7,9-10H,6H2,1-4H3,(H,14,15). The molecule has 0 aromatic carbocycles. The molecular formula is C12H19N3OS. The van der Waals surface area contributed by atoms with Crippen molar-refractivity contribution in [3.05, 3.63) is 17.8 Å². The molecule has 1 aliphatic rings. The highest BCUT2D eigenvalue weighted by molar-refractivity contribution is 8.14. The molecule has 0 aliphatic carbocycles. The van der Waals surface area contributed by atoms with E-state index in [2.05, 4.69) is 29.1 Å². The van der Waals surface area contributed by atoms with E-state index >= 15 is 0 Å². The zero-order chi connectivity index (χ0) is 12.4. The number of amidine groups is 1. The average Bonchev–Trinajstić information content (AvgIpc) is 2.86. The Hall–Kier alpha value is -0.970. The van der Waals surface area contributed by atoms with Crippen LogP contribution in [0.2, 0.25) is 0 Å². The number of thioether (sulfide) groups is 1. The third-order valence-electron chi connectivity index (χ3n) is 2.79. The molecular weight excluding hydrogens is 234 g/mol. The number of nitrogens with one attached hydrogen (secondary N) is 1. The molecule has 4 nitrogen and oxygen atoms in total. The van der Waals surface area contributed by atoms with Crippen LogP contribution in [-0.4, -0.2) is 21.9 Å². The van der Waals surface area contributed by atoms with E-state index in [-0.39, 0.29) is 6.04 Å². The molecule has 0 saturated heterocycles. The fraction of sp³-hybridized carbons (Fsp3) is 0.667. The summed E-state index contributed by atoms with van der Waals surface area (Å²) in [6, 6.07) is 0.502. The van der Waals surface area contributed by atoms with Gasteiger partial charge in [-0.1, -0.05) is 25.6 Å². The van der Waals surface area contributed by atoms with Gasteiger partial charge in [-0.25, -0.2) is 4.98 Å². The number of aryl methyl sites for hydroxylation is 1. The Kier molecular flexibility index (Phi) is 3.76. The van der Waals surface area contributed by atoms with Crippen molar-refractivity contribution >= 4 is 16.9 Å². The van der Waals surface area contributed by atoms with E-state index in [9.17, 15) is 0 Å². The van der Waals surface area contributed by atoms with Crippen LogP contribution < -0.4 is 5.32 Å². The van der Waals surface area contributed by atoms with Gasteiger partial charge in [-0.3, -0.25) is 4.99 Å². The molecule has 1 aliphatic heterocycles. The maximum absolute atomic E-state index is 5.49. The fourth-order valence-corrected chi connectivity index (χ4v) is 2.89. The predicted octanol–water partition coefficient (Wildman–Crippen LogP) is 2.76. The molecule has 2 unspecified atom stereocenters. The Balaban J connectivity index is 1.96. The van der Waals surface area contributed by atoms with Crippen LogP contribution >= 0.6 is 11.8 Å². The molecule has 2 heterocycles. The van der Waals surface area contributed by atoms with Gasteiger partial charge in [0, 0.05) is 5.75 Å². The monoisotopic (exact) mass is 253 g/mol. The third kappa shape index (κ3) is 3.03. The summed E-state index contributed by atoms with van der Waals surface area (Å²) in [6.45, 7) is 8.36. The molecule has 1 aromatic rings. The van der Waals surface area contributed by atoms with Crippen molar-refractivity contribution in [1.29, 1.82) is 0 Å². The molecule has 0 radical (unpaired) electrons. The van der Waals surface area contributed by atoms with Gasteiger partial charge in [0.1, 0.15) is 11.8 Å². The third-order valence-corrected chi connectivity index (χ3v) is 3.80. The normalized spacial score (nSPS) is 21.7. The first-order valence-electron chi connectivity index (χ1n) is 5.95. The van der Waals surface area contributed by atoms with Crippen LogP contribution in [0.5, 0.6) is 0 Å². The molecule has 2 atom stereocenters. The lowest BCUT2D eigenvalue weighted by molar-refractivity contribution is 0.430. The number of aromatic nitrogens is 1. The SMILES string of the molecule is Cc1cnc(C(C)NC2=NC(C(C)C)CS2)o1. The lowest BCUT2D eigenvalue weighted by atomic mass is 10.1. The number of oxazole rings is 1. The van der Waals surface area contributed by atoms with E-state index in [0.717, 1.165) is 22.6 Å². The second kappa shape index (κ2) is 5.12. The first-order valence-corrected chi connectivity index (χ1v) is 6.94. The first-order chi connectivity index (χ1) is 8.06. The minimum absolute atomic E-state index is 0.0702. The highest BCUT2D eigenvalue weighted by Crippen LogP contribution is 2.24. The largest absolute Gasteiger partial charge is 0.444 e. The van der Waals surface area contributed by atoms with Gasteiger partial charge in [-0.05, 0) is 19.8 Å². The van der Waals surface area contributed by atoms with Crippen molar-refractivity contribution in [2.45, 2.75) is 39.8 Å². The van der Waals surface area contributed by atoms with Gasteiger partial charge >= 0.3 is 0 Å². The van der Waals surface area contributed by atoms with Crippen LogP contribution in [0.3, 0.4) is 0 Å². The molecule has 17 heavy (non-hydrogen) atoms. The minimum atomic E-state index is 0.0702. The molecule has 0 fully saturated rings. The highest BCUT2D eigenvalue weighted by Gasteiger charge is 2.23. The van der Waals surface area contributed by atoms with Gasteiger partial charge < -0.3 is 9.73 Å². The number of hydrogen-bond donors (Lipinski definition) is 1. The van der Waals surface area contributed by atoms with Gasteiger partial charge in [-0.2, -0.15) is 0 Å². The number of hydrogen-bond acceptors (Lipinski definition) is 5. The maximum atomic E-state index is 5.49. The molecule has 0 amide bonds. The van der Waals surface area contributed by atoms with E-state index in [1.807, 2.05) is 13.8 Å². The Morgan fingerprint density at radius 2 is 2.24 bits per heavy atom. The van der Waals surface area contributed by atoms with Crippen molar-refractivity contribution < 1.29 is 4.42 Å². The Labute approximate surface area is 106 Å². The summed E-state index contributed by atoms with van der Waals surface area (Å²) < 4.78 is 5.49. The van der Waals surface area contributed by atoms with Crippen molar-refractivity contribution in [2.75, 3.05) is 5.75 Å². The van der Waals surface area contributed by atoms with Gasteiger partial charge in [0.2, 0.25) is 5.89 Å². The molecule has 0 spiro atoms. The number of aliphatic imine (C=N–C) groups is 1. The predicted molar refractivity (Wildman–Crippen MR) is 71.3 cm³/mol. The zero-order valence-electron chi connectivity index (χ0n) is 10.7. The number of rotatable bonds is 3. The molecule has 0 saturated carbocycles. The van der Waals surface area contributed by atoms with Gasteiger partial charge in [0.05, 0.1) is 12.2 Å². The smallest absolute Gasteiger partial charge is 0.216 e. The first kappa shape index (κ1) is 12.5. The summed E-state index contributed by atoms with van der Waals surface area (Å²) in [5.74, 6) is 3.23. The summed E-state index contributed by atoms with van der Waals surface area (Å²) in [7, 11) is 0. The Morgan fingerprint density at radius 3 is 2.76 bits per heavy atom. The summed E-state index contributed by atoms with van der Waals surface area (Å²) in [5.41, 5.74) is 0. The van der Waals surface area contributed by atoms with E-state index in [1.165, 1.54) is 0 Å². The molecule has 1 N–H and O–H groups in total. The lowest BCUT2D eigenvalue weighted by Gasteiger charge is -2.10. The van der Waals surface area contributed by atoms with E-state index < -0.39 is 0 Å². The summed E-state index contributed by atoms with van der Waals surface area (Å²) >= 11 is 1.78. The summed E-state index contributed by atoms with van der Waals surface area (Å²) in [5, 5.41) is 4.36. The molecule has 5 heteroatoms. The van der Waals surface area contributed by atoms with Gasteiger partial charge in [0.15, 0.2) is 5.17 Å². The van der Waals surface area contributed by atoms with Crippen molar-refractivity contribution in [3.8, 4) is 0 Å². The zero-order valence-corrected chi connectivity index (χ0v) is 11.5. The Morgan fingerprint density at radius 1 is 1.47 bits per heavy atom. The van der Waals surface area contributed by atoms with E-state index in [1.54, 1.807) is 18.0 Å². The maximum Gasteiger partial charge on any atom is 0.216 e. The Bertz CT molecular complexity index is 414. The van der Waals surface area contributed by atoms with Crippen molar-refractivity contribution in [2.24, 2.45) is 10.9 Å². The molecule has 94 valence electrons. The quantitative estimate of drug-likeness (QED) is 0.900. The van der Waals surface area contributed by atoms with Gasteiger partial charge in [-0.15, -0.1) is 0 Å². The van der Waals surface area contributed by atoms with E-state index in [4.69, 9.17) is 4.42 Å². The number of nitrogens with zero attached hydrogens (tertiary/aromatic N) is 2. The summed E-state index contributed by atoms with van der Waals surface area (Å²) in [4.78, 5) is 8.88. The summed E-state index contributed by atoms with van der Waals surface area (Å²) in [6.07, 6.45) is 1.74. The second-order valence-corrected chi connectivity index (χ2v) is 5.74. The topological polar surface area (TPSA) is 50.4 Å². The second-order valence-electron chi connectivity index (χ2n) is 4.73. The van der Waals surface area contributed by atoms with E-state index in [0.29, 0.717) is 12.0 Å². The minimum Gasteiger partial charge on any atom is -0.444 e. The van der Waals surface area contributed by atoms with Gasteiger partial charge in [0.25, 0.3) is 0 Å². The van der Waals surface area contributed by atoms with Crippen LogP contribution in [0.15, 0.2) is 15.6 Å². The molecule has 2 rings (SSSR count). The lowest BCUT2D eigenvalue weighted by Crippen LogP contribution is -2.23. The van der Waals surface area contributed by atoms with Crippen LogP contribution in [-0.2, 0) is 0 Å².